The first-order chi connectivity index (χ1) is 15.8. The van der Waals surface area contributed by atoms with Gasteiger partial charge in [-0.15, -0.1) is 0 Å². The number of nitrogens with zero attached hydrogens (tertiary/aromatic N) is 2. The number of hydrogen-bond donors (Lipinski definition) is 2. The van der Waals surface area contributed by atoms with Crippen LogP contribution in [0.2, 0.25) is 0 Å². The van der Waals surface area contributed by atoms with Crippen LogP contribution in [-0.2, 0) is 26.0 Å². The third kappa shape index (κ3) is 4.40. The van der Waals surface area contributed by atoms with Crippen molar-refractivity contribution in [2.45, 2.75) is 55.2 Å². The van der Waals surface area contributed by atoms with E-state index in [4.69, 9.17) is 0 Å². The predicted molar refractivity (Wildman–Crippen MR) is 123 cm³/mol. The molecular formula is C24H29N3O5S. The highest BCUT2D eigenvalue weighted by Gasteiger charge is 2.55. The van der Waals surface area contributed by atoms with Gasteiger partial charge in [0.05, 0.1) is 16.6 Å². The molecule has 2 aliphatic heterocycles. The van der Waals surface area contributed by atoms with E-state index in [1.165, 1.54) is 9.21 Å². The van der Waals surface area contributed by atoms with Gasteiger partial charge >= 0.3 is 5.97 Å². The Kier molecular flexibility index (Phi) is 6.56. The van der Waals surface area contributed by atoms with Gasteiger partial charge in [0.1, 0.15) is 6.04 Å². The number of benzene rings is 2. The van der Waals surface area contributed by atoms with Crippen LogP contribution in [0.1, 0.15) is 31.7 Å². The minimum absolute atomic E-state index is 0.197. The zero-order valence-electron chi connectivity index (χ0n) is 18.6. The van der Waals surface area contributed by atoms with E-state index >= 15 is 0 Å². The molecule has 1 spiro atoms. The third-order valence-corrected chi connectivity index (χ3v) is 8.55. The molecule has 0 radical (unpaired) electrons. The van der Waals surface area contributed by atoms with E-state index in [2.05, 4.69) is 5.32 Å². The van der Waals surface area contributed by atoms with Crippen molar-refractivity contribution in [3.05, 3.63) is 66.2 Å². The molecule has 9 heteroatoms. The summed E-state index contributed by atoms with van der Waals surface area (Å²) in [6.07, 6.45) is 1.36. The molecule has 2 unspecified atom stereocenters. The van der Waals surface area contributed by atoms with Crippen LogP contribution >= 0.6 is 0 Å². The standard InChI is InChI=1S/C24H29N3O5S/c1-2-21(23(29)30)27-22(28)20(17-18-9-5-3-6-10-18)25-24(27)13-15-26(16-14-24)33(31,32)19-11-7-4-8-12-19/h3-12,20-21,25H,2,13-17H2,1H3,(H,29,30). The highest BCUT2D eigenvalue weighted by atomic mass is 32.2. The molecule has 0 saturated carbocycles. The largest absolute Gasteiger partial charge is 0.480 e. The SMILES string of the molecule is CCC(C(=O)O)N1C(=O)C(Cc2ccccc2)NC12CCN(S(=O)(=O)c1ccccc1)CC2. The second-order valence-corrected chi connectivity index (χ2v) is 10.5. The summed E-state index contributed by atoms with van der Waals surface area (Å²) in [5.41, 5.74) is 0.0889. The van der Waals surface area contributed by atoms with Gasteiger partial charge in [0, 0.05) is 13.1 Å². The molecule has 2 aromatic rings. The first kappa shape index (κ1) is 23.4. The van der Waals surface area contributed by atoms with Crippen LogP contribution in [0.5, 0.6) is 0 Å². The van der Waals surface area contributed by atoms with E-state index in [0.29, 0.717) is 19.3 Å². The van der Waals surface area contributed by atoms with Gasteiger partial charge in [-0.3, -0.25) is 10.1 Å². The molecule has 2 atom stereocenters. The average Bonchev–Trinajstić information content (AvgIpc) is 3.06. The summed E-state index contributed by atoms with van der Waals surface area (Å²) < 4.78 is 27.6. The number of carboxylic acids is 1. The number of amides is 1. The van der Waals surface area contributed by atoms with Crippen LogP contribution in [0.4, 0.5) is 0 Å². The second kappa shape index (κ2) is 9.24. The number of nitrogens with one attached hydrogen (secondary N) is 1. The zero-order valence-corrected chi connectivity index (χ0v) is 19.4. The van der Waals surface area contributed by atoms with Gasteiger partial charge in [0.15, 0.2) is 0 Å². The fraction of sp³-hybridized carbons (Fsp3) is 0.417. The summed E-state index contributed by atoms with van der Waals surface area (Å²) in [6, 6.07) is 16.3. The van der Waals surface area contributed by atoms with Gasteiger partial charge in [-0.1, -0.05) is 55.5 Å². The maximum Gasteiger partial charge on any atom is 0.326 e. The monoisotopic (exact) mass is 471 g/mol. The third-order valence-electron chi connectivity index (χ3n) is 6.64. The summed E-state index contributed by atoms with van der Waals surface area (Å²) in [4.78, 5) is 27.2. The highest BCUT2D eigenvalue weighted by molar-refractivity contribution is 7.89. The molecule has 0 aliphatic carbocycles. The van der Waals surface area contributed by atoms with E-state index in [-0.39, 0.29) is 30.3 Å². The maximum atomic E-state index is 13.5. The smallest absolute Gasteiger partial charge is 0.326 e. The summed E-state index contributed by atoms with van der Waals surface area (Å²) in [5.74, 6) is -1.29. The molecule has 2 saturated heterocycles. The van der Waals surface area contributed by atoms with Crippen LogP contribution in [0.3, 0.4) is 0 Å². The fourth-order valence-electron chi connectivity index (χ4n) is 4.97. The van der Waals surface area contributed by atoms with Gasteiger partial charge in [0.25, 0.3) is 0 Å². The van der Waals surface area contributed by atoms with Crippen LogP contribution < -0.4 is 5.32 Å². The molecule has 2 heterocycles. The number of hydrogen-bond acceptors (Lipinski definition) is 5. The molecule has 8 nitrogen and oxygen atoms in total. The number of rotatable bonds is 7. The average molecular weight is 472 g/mol. The van der Waals surface area contributed by atoms with Crippen molar-refractivity contribution >= 4 is 21.9 Å². The maximum absolute atomic E-state index is 13.5. The number of carboxylic acid groups (broad SMARTS) is 1. The minimum Gasteiger partial charge on any atom is -0.480 e. The van der Waals surface area contributed by atoms with Crippen LogP contribution in [-0.4, -0.2) is 65.4 Å². The van der Waals surface area contributed by atoms with Crippen molar-refractivity contribution in [1.29, 1.82) is 0 Å². The lowest BCUT2D eigenvalue weighted by atomic mass is 9.95. The molecule has 2 N–H and O–H groups in total. The Bertz CT molecular complexity index is 1100. The molecule has 0 aromatic heterocycles. The van der Waals surface area contributed by atoms with E-state index in [0.717, 1.165) is 5.56 Å². The molecule has 2 fully saturated rings. The molecule has 2 aliphatic rings. The van der Waals surface area contributed by atoms with Crippen molar-refractivity contribution in [1.82, 2.24) is 14.5 Å². The Balaban J connectivity index is 1.60. The topological polar surface area (TPSA) is 107 Å². The second-order valence-electron chi connectivity index (χ2n) is 8.61. The molecular weight excluding hydrogens is 442 g/mol. The van der Waals surface area contributed by atoms with Crippen LogP contribution in [0, 0.1) is 0 Å². The normalized spacial score (nSPS) is 21.9. The first-order valence-electron chi connectivity index (χ1n) is 11.2. The Morgan fingerprint density at radius 3 is 2.21 bits per heavy atom. The predicted octanol–water partition coefficient (Wildman–Crippen LogP) is 2.07. The van der Waals surface area contributed by atoms with Gasteiger partial charge in [-0.05, 0) is 43.4 Å². The number of carbonyl (C=O) groups is 2. The fourth-order valence-corrected chi connectivity index (χ4v) is 6.43. The molecule has 4 rings (SSSR count). The van der Waals surface area contributed by atoms with Gasteiger partial charge in [0.2, 0.25) is 15.9 Å². The van der Waals surface area contributed by atoms with Crippen LogP contribution in [0.15, 0.2) is 65.6 Å². The summed E-state index contributed by atoms with van der Waals surface area (Å²) >= 11 is 0. The lowest BCUT2D eigenvalue weighted by Crippen LogP contribution is -2.63. The summed E-state index contributed by atoms with van der Waals surface area (Å²) in [5, 5.41) is 13.3. The zero-order chi connectivity index (χ0) is 23.6. The molecule has 1 amide bonds. The van der Waals surface area contributed by atoms with Gasteiger partial charge in [-0.25, -0.2) is 13.2 Å². The summed E-state index contributed by atoms with van der Waals surface area (Å²) in [7, 11) is -3.66. The highest BCUT2D eigenvalue weighted by Crippen LogP contribution is 2.37. The van der Waals surface area contributed by atoms with E-state index < -0.39 is 33.7 Å². The minimum atomic E-state index is -3.66. The van der Waals surface area contributed by atoms with Gasteiger partial charge < -0.3 is 10.0 Å². The lowest BCUT2D eigenvalue weighted by molar-refractivity contribution is -0.154. The Labute approximate surface area is 194 Å². The Morgan fingerprint density at radius 2 is 1.67 bits per heavy atom. The summed E-state index contributed by atoms with van der Waals surface area (Å²) in [6.45, 7) is 2.14. The molecule has 0 bridgehead atoms. The molecule has 2 aromatic carbocycles. The van der Waals surface area contributed by atoms with Crippen molar-refractivity contribution in [2.75, 3.05) is 13.1 Å². The number of carbonyl (C=O) groups excluding carboxylic acids is 1. The van der Waals surface area contributed by atoms with Crippen molar-refractivity contribution in [3.8, 4) is 0 Å². The molecule has 33 heavy (non-hydrogen) atoms. The number of sulfonamides is 1. The quantitative estimate of drug-likeness (QED) is 0.640. The Morgan fingerprint density at radius 1 is 1.09 bits per heavy atom. The van der Waals surface area contributed by atoms with Crippen molar-refractivity contribution in [3.63, 3.8) is 0 Å². The van der Waals surface area contributed by atoms with Crippen molar-refractivity contribution in [2.24, 2.45) is 0 Å². The number of piperidine rings is 1. The molecule has 176 valence electrons. The van der Waals surface area contributed by atoms with Gasteiger partial charge in [-0.2, -0.15) is 4.31 Å². The number of aliphatic carboxylic acids is 1. The Hall–Kier alpha value is -2.75. The van der Waals surface area contributed by atoms with E-state index in [1.807, 2.05) is 30.3 Å². The van der Waals surface area contributed by atoms with Crippen molar-refractivity contribution < 1.29 is 23.1 Å². The lowest BCUT2D eigenvalue weighted by Gasteiger charge is -2.46. The van der Waals surface area contributed by atoms with E-state index in [9.17, 15) is 23.1 Å². The van der Waals surface area contributed by atoms with E-state index in [1.54, 1.807) is 37.3 Å². The first-order valence-corrected chi connectivity index (χ1v) is 12.7. The van der Waals surface area contributed by atoms with Crippen LogP contribution in [0.25, 0.3) is 0 Å².